The van der Waals surface area contributed by atoms with E-state index >= 15 is 0 Å². The predicted molar refractivity (Wildman–Crippen MR) is 229 cm³/mol. The van der Waals surface area contributed by atoms with Crippen molar-refractivity contribution < 1.29 is 0 Å². The molecule has 1 N–H and O–H groups in total. The van der Waals surface area contributed by atoms with Crippen LogP contribution in [0.5, 0.6) is 0 Å². The number of hydrogen-bond donors (Lipinski definition) is 1. The Morgan fingerprint density at radius 1 is 0.309 bits per heavy atom. The number of aromatic amines is 1. The Morgan fingerprint density at radius 2 is 0.891 bits per heavy atom. The van der Waals surface area contributed by atoms with Gasteiger partial charge >= 0.3 is 0 Å². The number of benzene rings is 9. The van der Waals surface area contributed by atoms with Gasteiger partial charge in [0, 0.05) is 38.5 Å². The zero-order valence-electron chi connectivity index (χ0n) is 29.7. The number of rotatable bonds is 5. The summed E-state index contributed by atoms with van der Waals surface area (Å²) in [5, 5.41) is 9.48. The Balaban J connectivity index is 1.12. The molecule has 0 aliphatic heterocycles. The van der Waals surface area contributed by atoms with E-state index in [0.29, 0.717) is 17.5 Å². The van der Waals surface area contributed by atoms with Crippen LogP contribution in [0.4, 0.5) is 0 Å². The molecule has 4 heteroatoms. The van der Waals surface area contributed by atoms with E-state index in [1.165, 1.54) is 43.4 Å². The molecule has 11 rings (SSSR count). The third-order valence-corrected chi connectivity index (χ3v) is 10.8. The molecule has 55 heavy (non-hydrogen) atoms. The smallest absolute Gasteiger partial charge is 0.164 e. The van der Waals surface area contributed by atoms with Crippen molar-refractivity contribution in [2.24, 2.45) is 0 Å². The SMILES string of the molecule is c1ccc(-c2cccc(-c3cccc4c3[nH]c3cccc(-c5nc(-c6ccccc6)nc(-c6ccc7ccc8ccc9ccccc9c8c7c6)n5)c34)c2)cc1. The molecule has 0 aliphatic rings. The average Bonchev–Trinajstić information content (AvgIpc) is 3.66. The van der Waals surface area contributed by atoms with Crippen LogP contribution in [-0.4, -0.2) is 19.9 Å². The van der Waals surface area contributed by atoms with E-state index in [2.05, 4.69) is 175 Å². The molecule has 4 nitrogen and oxygen atoms in total. The predicted octanol–water partition coefficient (Wildman–Crippen LogP) is 13.3. The van der Waals surface area contributed by atoms with Gasteiger partial charge in [0.15, 0.2) is 17.5 Å². The van der Waals surface area contributed by atoms with Crippen molar-refractivity contribution in [3.05, 3.63) is 188 Å². The fourth-order valence-electron chi connectivity index (χ4n) is 8.21. The second-order valence-corrected chi connectivity index (χ2v) is 14.1. The zero-order chi connectivity index (χ0) is 36.3. The Morgan fingerprint density at radius 3 is 1.73 bits per heavy atom. The highest BCUT2D eigenvalue weighted by molar-refractivity contribution is 6.21. The maximum Gasteiger partial charge on any atom is 0.164 e. The third kappa shape index (κ3) is 5.26. The number of nitrogens with one attached hydrogen (secondary N) is 1. The molecule has 0 atom stereocenters. The number of fused-ring (bicyclic) bond motifs is 8. The summed E-state index contributed by atoms with van der Waals surface area (Å²) in [6.07, 6.45) is 0. The molecular formula is C51H32N4. The first kappa shape index (κ1) is 31.1. The second kappa shape index (κ2) is 12.6. The van der Waals surface area contributed by atoms with E-state index in [9.17, 15) is 0 Å². The van der Waals surface area contributed by atoms with Gasteiger partial charge in [-0.2, -0.15) is 0 Å². The van der Waals surface area contributed by atoms with Gasteiger partial charge in [0.1, 0.15) is 0 Å². The molecule has 0 saturated heterocycles. The quantitative estimate of drug-likeness (QED) is 0.182. The molecule has 0 unspecified atom stereocenters. The number of H-pyrrole nitrogens is 1. The maximum absolute atomic E-state index is 5.27. The van der Waals surface area contributed by atoms with Crippen LogP contribution in [-0.2, 0) is 0 Å². The van der Waals surface area contributed by atoms with Crippen molar-refractivity contribution in [2.45, 2.75) is 0 Å². The second-order valence-electron chi connectivity index (χ2n) is 14.1. The summed E-state index contributed by atoms with van der Waals surface area (Å²) in [7, 11) is 0. The molecule has 0 fully saturated rings. The Kier molecular flexibility index (Phi) is 7.14. The van der Waals surface area contributed by atoms with Gasteiger partial charge in [0.25, 0.3) is 0 Å². The minimum Gasteiger partial charge on any atom is -0.354 e. The van der Waals surface area contributed by atoms with Gasteiger partial charge in [-0.25, -0.2) is 15.0 Å². The van der Waals surface area contributed by atoms with E-state index < -0.39 is 0 Å². The molecular weight excluding hydrogens is 669 g/mol. The van der Waals surface area contributed by atoms with Crippen molar-refractivity contribution in [3.8, 4) is 56.4 Å². The number of para-hydroxylation sites is 1. The summed E-state index contributed by atoms with van der Waals surface area (Å²) in [5.74, 6) is 1.91. The van der Waals surface area contributed by atoms with Crippen molar-refractivity contribution in [2.75, 3.05) is 0 Å². The minimum atomic E-state index is 0.635. The van der Waals surface area contributed by atoms with Crippen molar-refractivity contribution in [3.63, 3.8) is 0 Å². The van der Waals surface area contributed by atoms with Gasteiger partial charge in [-0.15, -0.1) is 0 Å². The first-order valence-corrected chi connectivity index (χ1v) is 18.6. The van der Waals surface area contributed by atoms with Gasteiger partial charge < -0.3 is 4.98 Å². The molecule has 0 amide bonds. The molecule has 9 aromatic carbocycles. The van der Waals surface area contributed by atoms with Crippen LogP contribution in [0, 0.1) is 0 Å². The molecule has 0 spiro atoms. The van der Waals surface area contributed by atoms with Gasteiger partial charge in [0.05, 0.1) is 5.52 Å². The molecule has 11 aromatic rings. The van der Waals surface area contributed by atoms with Crippen LogP contribution in [0.1, 0.15) is 0 Å². The molecule has 0 saturated carbocycles. The van der Waals surface area contributed by atoms with Crippen molar-refractivity contribution in [1.82, 2.24) is 19.9 Å². The summed E-state index contributed by atoms with van der Waals surface area (Å²) < 4.78 is 0. The van der Waals surface area contributed by atoms with Gasteiger partial charge in [0.2, 0.25) is 0 Å². The lowest BCUT2D eigenvalue weighted by atomic mass is 9.95. The van der Waals surface area contributed by atoms with Crippen molar-refractivity contribution in [1.29, 1.82) is 0 Å². The standard InChI is InChI=1S/C51H32N4/c1-3-12-32(13-4-1)37-17-9-18-38(30-37)41-20-10-21-42-47-43(22-11-23-45(47)52-48(41)42)51-54-49(36-15-5-2-6-16-36)53-50(55-51)39-29-26-34-25-28-35-27-24-33-14-7-8-19-40(33)46(35)44(34)31-39/h1-31,52H. The van der Waals surface area contributed by atoms with Crippen LogP contribution in [0.2, 0.25) is 0 Å². The molecule has 2 heterocycles. The molecule has 0 radical (unpaired) electrons. The largest absolute Gasteiger partial charge is 0.354 e. The van der Waals surface area contributed by atoms with Crippen LogP contribution in [0.25, 0.3) is 111 Å². The Bertz CT molecular complexity index is 3250. The maximum atomic E-state index is 5.27. The van der Waals surface area contributed by atoms with E-state index in [1.807, 2.05) is 18.2 Å². The monoisotopic (exact) mass is 700 g/mol. The lowest BCUT2D eigenvalue weighted by Crippen LogP contribution is -2.00. The Hall–Kier alpha value is -7.43. The minimum absolute atomic E-state index is 0.635. The van der Waals surface area contributed by atoms with Crippen LogP contribution >= 0.6 is 0 Å². The van der Waals surface area contributed by atoms with E-state index in [0.717, 1.165) is 49.6 Å². The van der Waals surface area contributed by atoms with E-state index in [-0.39, 0.29) is 0 Å². The third-order valence-electron chi connectivity index (χ3n) is 10.8. The lowest BCUT2D eigenvalue weighted by Gasteiger charge is -2.12. The topological polar surface area (TPSA) is 54.5 Å². The van der Waals surface area contributed by atoms with E-state index in [1.54, 1.807) is 0 Å². The average molecular weight is 701 g/mol. The number of hydrogen-bond acceptors (Lipinski definition) is 3. The zero-order valence-corrected chi connectivity index (χ0v) is 29.7. The molecule has 256 valence electrons. The summed E-state index contributed by atoms with van der Waals surface area (Å²) in [6.45, 7) is 0. The number of aromatic nitrogens is 4. The summed E-state index contributed by atoms with van der Waals surface area (Å²) >= 11 is 0. The Labute approximate surface area is 317 Å². The fourth-order valence-corrected chi connectivity index (χ4v) is 8.21. The molecule has 2 aromatic heterocycles. The normalized spacial score (nSPS) is 11.6. The van der Waals surface area contributed by atoms with Crippen molar-refractivity contribution >= 4 is 54.1 Å². The fraction of sp³-hybridized carbons (Fsp3) is 0. The highest BCUT2D eigenvalue weighted by Gasteiger charge is 2.19. The van der Waals surface area contributed by atoms with E-state index in [4.69, 9.17) is 15.0 Å². The molecule has 0 bridgehead atoms. The van der Waals surface area contributed by atoms with Crippen LogP contribution in [0.15, 0.2) is 188 Å². The van der Waals surface area contributed by atoms with Crippen LogP contribution < -0.4 is 0 Å². The molecule has 0 aliphatic carbocycles. The summed E-state index contributed by atoms with van der Waals surface area (Å²) in [4.78, 5) is 19.4. The van der Waals surface area contributed by atoms with Crippen LogP contribution in [0.3, 0.4) is 0 Å². The van der Waals surface area contributed by atoms with Gasteiger partial charge in [-0.05, 0) is 67.2 Å². The lowest BCUT2D eigenvalue weighted by molar-refractivity contribution is 1.08. The highest BCUT2D eigenvalue weighted by Crippen LogP contribution is 2.40. The summed E-state index contributed by atoms with van der Waals surface area (Å²) in [6, 6.07) is 66.4. The first-order chi connectivity index (χ1) is 27.2. The number of nitrogens with zero attached hydrogens (tertiary/aromatic N) is 3. The first-order valence-electron chi connectivity index (χ1n) is 18.6. The van der Waals surface area contributed by atoms with Gasteiger partial charge in [-0.1, -0.05) is 170 Å². The summed E-state index contributed by atoms with van der Waals surface area (Å²) in [5.41, 5.74) is 9.65. The van der Waals surface area contributed by atoms with Gasteiger partial charge in [-0.3, -0.25) is 0 Å². The highest BCUT2D eigenvalue weighted by atomic mass is 15.0.